The van der Waals surface area contributed by atoms with Crippen LogP contribution >= 0.6 is 0 Å². The Bertz CT molecular complexity index is 2120. The summed E-state index contributed by atoms with van der Waals surface area (Å²) in [7, 11) is 1.54. The molecule has 12 heteroatoms. The maximum Gasteiger partial charge on any atom is 0.338 e. The number of ether oxygens (including phenoxy) is 4. The fraction of sp³-hybridized carbons (Fsp3) is 0.588. The zero-order valence-corrected chi connectivity index (χ0v) is 37.8. The molecule has 3 saturated carbocycles. The van der Waals surface area contributed by atoms with Crippen molar-refractivity contribution in [3.63, 3.8) is 0 Å². The zero-order chi connectivity index (χ0) is 45.5. The Morgan fingerprint density at radius 1 is 0.937 bits per heavy atom. The predicted octanol–water partition coefficient (Wildman–Crippen LogP) is 7.32. The van der Waals surface area contributed by atoms with Crippen molar-refractivity contribution in [2.24, 2.45) is 34.5 Å². The van der Waals surface area contributed by atoms with E-state index in [1.165, 1.54) is 14.0 Å². The van der Waals surface area contributed by atoms with Gasteiger partial charge in [0.2, 0.25) is 5.91 Å². The van der Waals surface area contributed by atoms with Gasteiger partial charge in [0.15, 0.2) is 6.10 Å². The molecule has 1 amide bonds. The number of carbonyl (C=O) groups is 5. The van der Waals surface area contributed by atoms with Crippen LogP contribution in [-0.2, 0) is 38.1 Å². The number of benzene rings is 2. The van der Waals surface area contributed by atoms with Gasteiger partial charge in [-0.1, -0.05) is 94.3 Å². The molecule has 0 heterocycles. The molecule has 12 atom stereocenters. The number of hydrogen-bond acceptors (Lipinski definition) is 11. The van der Waals surface area contributed by atoms with E-state index in [2.05, 4.69) is 17.5 Å². The predicted molar refractivity (Wildman–Crippen MR) is 234 cm³/mol. The van der Waals surface area contributed by atoms with E-state index in [0.717, 1.165) is 32.1 Å². The average Bonchev–Trinajstić information content (AvgIpc) is 3.23. The molecule has 0 radical (unpaired) electrons. The highest BCUT2D eigenvalue weighted by atomic mass is 16.6. The lowest BCUT2D eigenvalue weighted by molar-refractivity contribution is -0.297. The Balaban J connectivity index is 1.30. The molecule has 2 aromatic carbocycles. The number of methoxy groups -OCH3 is 1. The SMILES string of the molecule is CO[C@H]1C[C@H]2CC[C@@]2(OC(C)=O)C2C(OC(=O)c3ccccc3)[C@]3(O)C[C@H](OC(=O)[C@H](O)[C@@H](NC(=O)CC4/C=C/CCCCC4)c4ccccc4)C(C)=C([C@@H](C)C(=O)[C@@]21C)C3(C)C. The van der Waals surface area contributed by atoms with Crippen LogP contribution in [0.1, 0.15) is 128 Å². The molecule has 3 N–H and O–H groups in total. The number of ketones is 1. The molecule has 12 nitrogen and oxygen atoms in total. The van der Waals surface area contributed by atoms with Crippen LogP contribution in [0.25, 0.3) is 0 Å². The zero-order valence-electron chi connectivity index (χ0n) is 37.8. The van der Waals surface area contributed by atoms with Gasteiger partial charge in [-0.2, -0.15) is 0 Å². The minimum Gasteiger partial charge on any atom is -0.458 e. The van der Waals surface area contributed by atoms with E-state index in [0.29, 0.717) is 36.0 Å². The molecule has 0 aliphatic heterocycles. The van der Waals surface area contributed by atoms with Gasteiger partial charge in [-0.25, -0.2) is 9.59 Å². The van der Waals surface area contributed by atoms with Crippen LogP contribution < -0.4 is 5.32 Å². The second-order valence-electron chi connectivity index (χ2n) is 19.5. The third-order valence-corrected chi connectivity index (χ3v) is 15.7. The van der Waals surface area contributed by atoms with E-state index in [9.17, 15) is 29.4 Å². The number of aliphatic hydroxyl groups is 2. The first-order valence-corrected chi connectivity index (χ1v) is 22.8. The molecular weight excluding hydrogens is 803 g/mol. The molecule has 5 aliphatic carbocycles. The summed E-state index contributed by atoms with van der Waals surface area (Å²) in [6.45, 7) is 10.2. The second-order valence-corrected chi connectivity index (χ2v) is 19.5. The number of aliphatic hydroxyl groups excluding tert-OH is 1. The van der Waals surface area contributed by atoms with E-state index in [1.54, 1.807) is 95.3 Å². The van der Waals surface area contributed by atoms with Crippen molar-refractivity contribution in [2.75, 3.05) is 7.11 Å². The summed E-state index contributed by atoms with van der Waals surface area (Å²) in [5.41, 5.74) is -4.38. The van der Waals surface area contributed by atoms with Gasteiger partial charge in [0.05, 0.1) is 29.0 Å². The summed E-state index contributed by atoms with van der Waals surface area (Å²) < 4.78 is 25.4. The average molecular weight is 868 g/mol. The second kappa shape index (κ2) is 18.1. The number of allylic oxidation sites excluding steroid dienone is 2. The summed E-state index contributed by atoms with van der Waals surface area (Å²) in [5, 5.41) is 28.6. The number of nitrogens with one attached hydrogen (secondary N) is 1. The van der Waals surface area contributed by atoms with Crippen molar-refractivity contribution in [1.29, 1.82) is 0 Å². The molecular formula is C51H65NO11. The van der Waals surface area contributed by atoms with Crippen molar-refractivity contribution in [2.45, 2.75) is 147 Å². The summed E-state index contributed by atoms with van der Waals surface area (Å²) in [5.74, 6) is -5.16. The molecule has 0 saturated heterocycles. The highest BCUT2D eigenvalue weighted by Crippen LogP contribution is 2.68. The number of amides is 1. The van der Waals surface area contributed by atoms with E-state index in [4.69, 9.17) is 18.9 Å². The molecule has 3 unspecified atom stereocenters. The first-order chi connectivity index (χ1) is 29.9. The van der Waals surface area contributed by atoms with Crippen molar-refractivity contribution in [1.82, 2.24) is 5.32 Å². The Morgan fingerprint density at radius 3 is 2.25 bits per heavy atom. The van der Waals surface area contributed by atoms with Crippen LogP contribution in [0.5, 0.6) is 0 Å². The molecule has 2 aromatic rings. The fourth-order valence-corrected chi connectivity index (χ4v) is 12.4. The Kier molecular flexibility index (Phi) is 13.3. The first kappa shape index (κ1) is 46.3. The quantitative estimate of drug-likeness (QED) is 0.117. The Hall–Kier alpha value is -4.65. The number of fused-ring (bicyclic) bond motifs is 5. The number of Topliss-reactive ketones (excluding diaryl/α,β-unsaturated/α-hetero) is 1. The fourth-order valence-electron chi connectivity index (χ4n) is 12.4. The van der Waals surface area contributed by atoms with Crippen molar-refractivity contribution < 1.29 is 53.1 Å². The molecule has 340 valence electrons. The van der Waals surface area contributed by atoms with Crippen molar-refractivity contribution in [3.05, 3.63) is 95.1 Å². The van der Waals surface area contributed by atoms with E-state index < -0.39 is 82.2 Å². The third-order valence-electron chi connectivity index (χ3n) is 15.7. The number of hydrogen-bond donors (Lipinski definition) is 3. The minimum atomic E-state index is -2.07. The van der Waals surface area contributed by atoms with E-state index in [1.807, 2.05) is 0 Å². The van der Waals surface area contributed by atoms with Crippen LogP contribution in [0.15, 0.2) is 84.0 Å². The molecule has 3 fully saturated rings. The molecule has 0 spiro atoms. The molecule has 63 heavy (non-hydrogen) atoms. The van der Waals surface area contributed by atoms with E-state index >= 15 is 4.79 Å². The van der Waals surface area contributed by atoms with Gasteiger partial charge < -0.3 is 34.5 Å². The highest BCUT2D eigenvalue weighted by molar-refractivity contribution is 5.92. The van der Waals surface area contributed by atoms with Crippen LogP contribution in [0.2, 0.25) is 0 Å². The monoisotopic (exact) mass is 867 g/mol. The van der Waals surface area contributed by atoms with Crippen molar-refractivity contribution >= 4 is 29.6 Å². The van der Waals surface area contributed by atoms with Gasteiger partial charge in [0.1, 0.15) is 29.2 Å². The van der Waals surface area contributed by atoms with Crippen LogP contribution in [0.4, 0.5) is 0 Å². The summed E-state index contributed by atoms with van der Waals surface area (Å²) in [6.07, 6.45) is 5.26. The van der Waals surface area contributed by atoms with E-state index in [-0.39, 0.29) is 41.9 Å². The summed E-state index contributed by atoms with van der Waals surface area (Å²) in [4.78, 5) is 71.1. The Morgan fingerprint density at radius 2 is 1.62 bits per heavy atom. The summed E-state index contributed by atoms with van der Waals surface area (Å²) >= 11 is 0. The highest BCUT2D eigenvalue weighted by Gasteiger charge is 2.77. The lowest BCUT2D eigenvalue weighted by atomic mass is 9.40. The van der Waals surface area contributed by atoms with Gasteiger partial charge in [-0.15, -0.1) is 0 Å². The normalized spacial score (nSPS) is 35.0. The van der Waals surface area contributed by atoms with Crippen molar-refractivity contribution in [3.8, 4) is 0 Å². The molecule has 5 aliphatic rings. The maximum absolute atomic E-state index is 15.6. The summed E-state index contributed by atoms with van der Waals surface area (Å²) in [6, 6.07) is 15.9. The minimum absolute atomic E-state index is 0.0212. The molecule has 0 aromatic heterocycles. The lowest BCUT2D eigenvalue weighted by Crippen LogP contribution is -2.78. The van der Waals surface area contributed by atoms with Crippen LogP contribution in [0.3, 0.4) is 0 Å². The molecule has 2 bridgehead atoms. The first-order valence-electron chi connectivity index (χ1n) is 22.8. The number of esters is 3. The van der Waals surface area contributed by atoms with Gasteiger partial charge in [-0.05, 0) is 87.1 Å². The largest absolute Gasteiger partial charge is 0.458 e. The van der Waals surface area contributed by atoms with Crippen LogP contribution in [-0.4, -0.2) is 82.5 Å². The van der Waals surface area contributed by atoms with Gasteiger partial charge in [0, 0.05) is 44.1 Å². The number of carbonyl (C=O) groups excluding carboxylic acids is 5. The maximum atomic E-state index is 15.6. The van der Waals surface area contributed by atoms with Gasteiger partial charge in [0.25, 0.3) is 0 Å². The molecule has 7 rings (SSSR count). The topological polar surface area (TPSA) is 175 Å². The Labute approximate surface area is 371 Å². The standard InChI is InChI=1S/C51H65NO11/c1-30-37(61-47(58)42(55)41(34-21-15-11-16-22-34)52-39(54)27-33-19-13-9-8-10-14-20-33)29-51(59)45(62-46(57)35-23-17-12-18-24-35)43-49(6,44(56)31(2)40(30)48(51,4)5)38(60-7)28-36-25-26-50(36,43)63-32(3)53/h11-13,15-19,21-24,31,33,36-38,41-43,45,55,59H,8-10,14,20,25-29H2,1-7H3,(H,52,54)/b19-13+/t31-,33?,36-,37+,38+,41+,42-,43?,45?,49-,50+,51-/m1/s1. The third kappa shape index (κ3) is 8.20. The van der Waals surface area contributed by atoms with Gasteiger partial charge in [-0.3, -0.25) is 14.4 Å². The van der Waals surface area contributed by atoms with Crippen LogP contribution in [0, 0.1) is 34.5 Å². The number of rotatable bonds is 11. The van der Waals surface area contributed by atoms with Gasteiger partial charge >= 0.3 is 17.9 Å². The smallest absolute Gasteiger partial charge is 0.338 e. The lowest BCUT2D eigenvalue weighted by Gasteiger charge is -2.68.